The third-order valence-electron chi connectivity index (χ3n) is 2.69. The molecule has 19 heavy (non-hydrogen) atoms. The molecule has 0 fully saturated rings. The molecule has 0 heterocycles. The molecule has 0 unspecified atom stereocenters. The molecule has 2 N–H and O–H groups in total. The van der Waals surface area contributed by atoms with Crippen molar-refractivity contribution in [1.82, 2.24) is 5.32 Å². The lowest BCUT2D eigenvalue weighted by Gasteiger charge is -2.07. The predicted octanol–water partition coefficient (Wildman–Crippen LogP) is 2.97. The lowest BCUT2D eigenvalue weighted by Crippen LogP contribution is -2.16. The van der Waals surface area contributed by atoms with E-state index in [1.54, 1.807) is 0 Å². The first-order valence-corrected chi connectivity index (χ1v) is 6.60. The molecule has 0 saturated heterocycles. The highest BCUT2D eigenvalue weighted by Crippen LogP contribution is 2.21. The minimum absolute atomic E-state index is 0.364. The Morgan fingerprint density at radius 1 is 1.16 bits per heavy atom. The molecular weight excluding hydrogens is 252 g/mol. The number of benzene rings is 1. The molecule has 0 aliphatic carbocycles. The molecule has 1 rings (SSSR count). The summed E-state index contributed by atoms with van der Waals surface area (Å²) in [6.07, 6.45) is 3.04. The number of halogens is 2. The highest BCUT2D eigenvalue weighted by molar-refractivity contribution is 5.29. The van der Waals surface area contributed by atoms with Gasteiger partial charge in [0.05, 0.1) is 0 Å². The van der Waals surface area contributed by atoms with Gasteiger partial charge in [0.15, 0.2) is 17.4 Å². The Hall–Kier alpha value is -1.20. The van der Waals surface area contributed by atoms with Crippen LogP contribution in [0.2, 0.25) is 0 Å². The van der Waals surface area contributed by atoms with Crippen molar-refractivity contribution in [1.29, 1.82) is 0 Å². The number of hydrogen-bond acceptors (Lipinski definition) is 3. The van der Waals surface area contributed by atoms with Crippen molar-refractivity contribution >= 4 is 0 Å². The SMILES string of the molecule is CCCCOCCCNCc1cc(F)c(O)c(F)c1. The van der Waals surface area contributed by atoms with Crippen LogP contribution in [0.25, 0.3) is 0 Å². The van der Waals surface area contributed by atoms with E-state index in [1.807, 2.05) is 0 Å². The first-order valence-electron chi connectivity index (χ1n) is 6.60. The Balaban J connectivity index is 2.16. The van der Waals surface area contributed by atoms with E-state index in [0.29, 0.717) is 18.7 Å². The van der Waals surface area contributed by atoms with Gasteiger partial charge in [-0.3, -0.25) is 0 Å². The summed E-state index contributed by atoms with van der Waals surface area (Å²) in [6, 6.07) is 2.26. The number of phenolic OH excluding ortho intramolecular Hbond substituents is 1. The molecule has 5 heteroatoms. The number of rotatable bonds is 9. The van der Waals surface area contributed by atoms with Crippen LogP contribution in [0.4, 0.5) is 8.78 Å². The zero-order valence-corrected chi connectivity index (χ0v) is 11.2. The molecule has 0 atom stereocenters. The van der Waals surface area contributed by atoms with Crippen molar-refractivity contribution in [3.05, 3.63) is 29.3 Å². The molecule has 108 valence electrons. The van der Waals surface area contributed by atoms with Gasteiger partial charge in [-0.15, -0.1) is 0 Å². The maximum absolute atomic E-state index is 13.1. The van der Waals surface area contributed by atoms with Crippen LogP contribution >= 0.6 is 0 Å². The molecule has 0 spiro atoms. The Kier molecular flexibility index (Phi) is 7.36. The van der Waals surface area contributed by atoms with Crippen LogP contribution < -0.4 is 5.32 Å². The summed E-state index contributed by atoms with van der Waals surface area (Å²) < 4.78 is 31.5. The van der Waals surface area contributed by atoms with Gasteiger partial charge < -0.3 is 15.2 Å². The second-order valence-corrected chi connectivity index (χ2v) is 4.40. The first kappa shape index (κ1) is 15.9. The zero-order valence-electron chi connectivity index (χ0n) is 11.2. The molecule has 0 aliphatic rings. The molecule has 0 aromatic heterocycles. The largest absolute Gasteiger partial charge is 0.503 e. The Morgan fingerprint density at radius 2 is 1.79 bits per heavy atom. The highest BCUT2D eigenvalue weighted by Gasteiger charge is 2.08. The van der Waals surface area contributed by atoms with E-state index < -0.39 is 17.4 Å². The fourth-order valence-corrected chi connectivity index (χ4v) is 1.60. The van der Waals surface area contributed by atoms with Crippen LogP contribution in [0.15, 0.2) is 12.1 Å². The molecule has 3 nitrogen and oxygen atoms in total. The summed E-state index contributed by atoms with van der Waals surface area (Å²) in [5, 5.41) is 12.0. The predicted molar refractivity (Wildman–Crippen MR) is 70.1 cm³/mol. The van der Waals surface area contributed by atoms with Gasteiger partial charge in [-0.2, -0.15) is 0 Å². The average molecular weight is 273 g/mol. The summed E-state index contributed by atoms with van der Waals surface area (Å²) in [4.78, 5) is 0. The van der Waals surface area contributed by atoms with Crippen molar-refractivity contribution < 1.29 is 18.6 Å². The maximum atomic E-state index is 13.1. The quantitative estimate of drug-likeness (QED) is 0.680. The fourth-order valence-electron chi connectivity index (χ4n) is 1.60. The van der Waals surface area contributed by atoms with E-state index in [4.69, 9.17) is 9.84 Å². The van der Waals surface area contributed by atoms with E-state index >= 15 is 0 Å². The monoisotopic (exact) mass is 273 g/mol. The first-order chi connectivity index (χ1) is 9.15. The second-order valence-electron chi connectivity index (χ2n) is 4.40. The minimum atomic E-state index is -0.931. The third-order valence-corrected chi connectivity index (χ3v) is 2.69. The summed E-state index contributed by atoms with van der Waals surface area (Å²) in [5.41, 5.74) is 0.472. The lowest BCUT2D eigenvalue weighted by atomic mass is 10.2. The number of aromatic hydroxyl groups is 1. The number of ether oxygens (including phenoxy) is 1. The molecule has 1 aromatic carbocycles. The van der Waals surface area contributed by atoms with Crippen LogP contribution in [-0.2, 0) is 11.3 Å². The van der Waals surface area contributed by atoms with Crippen LogP contribution in [-0.4, -0.2) is 24.9 Å². The standard InChI is InChI=1S/C14H21F2NO2/c1-2-3-6-19-7-4-5-17-10-11-8-12(15)14(18)13(16)9-11/h8-9,17-18H,2-7,10H2,1H3. The van der Waals surface area contributed by atoms with Gasteiger partial charge in [0.25, 0.3) is 0 Å². The summed E-state index contributed by atoms with van der Waals surface area (Å²) in [7, 11) is 0. The molecule has 0 amide bonds. The van der Waals surface area contributed by atoms with E-state index in [0.717, 1.165) is 44.5 Å². The molecule has 0 bridgehead atoms. The van der Waals surface area contributed by atoms with Crippen LogP contribution in [0, 0.1) is 11.6 Å². The van der Waals surface area contributed by atoms with Crippen molar-refractivity contribution in [2.45, 2.75) is 32.7 Å². The zero-order chi connectivity index (χ0) is 14.1. The van der Waals surface area contributed by atoms with E-state index in [9.17, 15) is 8.78 Å². The Labute approximate surface area is 112 Å². The van der Waals surface area contributed by atoms with Gasteiger partial charge in [0.2, 0.25) is 0 Å². The number of hydrogen-bond donors (Lipinski definition) is 2. The summed E-state index contributed by atoms with van der Waals surface area (Å²) in [6.45, 7) is 4.66. The van der Waals surface area contributed by atoms with Gasteiger partial charge in [-0.1, -0.05) is 13.3 Å². The minimum Gasteiger partial charge on any atom is -0.503 e. The highest BCUT2D eigenvalue weighted by atomic mass is 19.1. The van der Waals surface area contributed by atoms with E-state index in [2.05, 4.69) is 12.2 Å². The molecule has 0 aliphatic heterocycles. The summed E-state index contributed by atoms with van der Waals surface area (Å²) >= 11 is 0. The smallest absolute Gasteiger partial charge is 0.187 e. The average Bonchev–Trinajstić information content (AvgIpc) is 2.39. The van der Waals surface area contributed by atoms with Crippen molar-refractivity contribution in [2.24, 2.45) is 0 Å². The molecule has 0 radical (unpaired) electrons. The number of unbranched alkanes of at least 4 members (excludes halogenated alkanes) is 1. The van der Waals surface area contributed by atoms with E-state index in [1.165, 1.54) is 0 Å². The van der Waals surface area contributed by atoms with Crippen molar-refractivity contribution in [3.63, 3.8) is 0 Å². The van der Waals surface area contributed by atoms with Crippen molar-refractivity contribution in [2.75, 3.05) is 19.8 Å². The van der Waals surface area contributed by atoms with Crippen LogP contribution in [0.1, 0.15) is 31.7 Å². The van der Waals surface area contributed by atoms with Gasteiger partial charge in [0, 0.05) is 19.8 Å². The second kappa shape index (κ2) is 8.82. The maximum Gasteiger partial charge on any atom is 0.187 e. The molecule has 0 saturated carbocycles. The van der Waals surface area contributed by atoms with Gasteiger partial charge in [-0.25, -0.2) is 8.78 Å². The third kappa shape index (κ3) is 5.98. The molecular formula is C14H21F2NO2. The van der Waals surface area contributed by atoms with Gasteiger partial charge >= 0.3 is 0 Å². The van der Waals surface area contributed by atoms with E-state index in [-0.39, 0.29) is 0 Å². The van der Waals surface area contributed by atoms with Crippen LogP contribution in [0.3, 0.4) is 0 Å². The van der Waals surface area contributed by atoms with Gasteiger partial charge in [0.1, 0.15) is 0 Å². The van der Waals surface area contributed by atoms with Crippen LogP contribution in [0.5, 0.6) is 5.75 Å². The normalized spacial score (nSPS) is 10.9. The van der Waals surface area contributed by atoms with Crippen molar-refractivity contribution in [3.8, 4) is 5.75 Å². The summed E-state index contributed by atoms with van der Waals surface area (Å²) in [5.74, 6) is -2.78. The number of phenols is 1. The fraction of sp³-hybridized carbons (Fsp3) is 0.571. The lowest BCUT2D eigenvalue weighted by molar-refractivity contribution is 0.128. The molecule has 1 aromatic rings. The Morgan fingerprint density at radius 3 is 2.42 bits per heavy atom. The Bertz CT molecular complexity index is 363. The van der Waals surface area contributed by atoms with Gasteiger partial charge in [-0.05, 0) is 37.1 Å². The topological polar surface area (TPSA) is 41.5 Å². The number of nitrogens with one attached hydrogen (secondary N) is 1.